The minimum atomic E-state index is -1.58. The van der Waals surface area contributed by atoms with Gasteiger partial charge in [0.2, 0.25) is 5.78 Å². The Morgan fingerprint density at radius 2 is 1.96 bits per heavy atom. The molecule has 9 nitrogen and oxygen atoms in total. The fourth-order valence-electron chi connectivity index (χ4n) is 3.08. The molecule has 0 saturated carbocycles. The van der Waals surface area contributed by atoms with E-state index in [0.29, 0.717) is 0 Å². The van der Waals surface area contributed by atoms with Crippen molar-refractivity contribution in [2.75, 3.05) is 19.8 Å². The summed E-state index contributed by atoms with van der Waals surface area (Å²) in [4.78, 5) is 38.1. The Morgan fingerprint density at radius 1 is 1.28 bits per heavy atom. The Hall–Kier alpha value is -1.71. The first-order valence-corrected chi connectivity index (χ1v) is 8.14. The van der Waals surface area contributed by atoms with Crippen LogP contribution >= 0.6 is 0 Å². The first-order chi connectivity index (χ1) is 11.4. The van der Waals surface area contributed by atoms with Crippen LogP contribution in [0.3, 0.4) is 0 Å². The first kappa shape index (κ1) is 18.1. The highest BCUT2D eigenvalue weighted by atomic mass is 16.8. The highest BCUT2D eigenvalue weighted by Gasteiger charge is 2.63. The number of esters is 1. The van der Waals surface area contributed by atoms with Gasteiger partial charge in [-0.25, -0.2) is 4.79 Å². The van der Waals surface area contributed by atoms with Crippen LogP contribution in [0.2, 0.25) is 0 Å². The third kappa shape index (κ3) is 3.36. The van der Waals surface area contributed by atoms with Crippen LogP contribution in [0.5, 0.6) is 0 Å². The van der Waals surface area contributed by atoms with Crippen LogP contribution in [-0.2, 0) is 33.3 Å². The molecule has 1 spiro atoms. The summed E-state index contributed by atoms with van der Waals surface area (Å²) in [5.74, 6) is -3.65. The van der Waals surface area contributed by atoms with E-state index >= 15 is 0 Å². The molecule has 1 unspecified atom stereocenters. The van der Waals surface area contributed by atoms with Crippen molar-refractivity contribution in [1.29, 1.82) is 0 Å². The number of fused-ring (bicyclic) bond motifs is 1. The maximum absolute atomic E-state index is 12.8. The molecule has 0 N–H and O–H groups in total. The van der Waals surface area contributed by atoms with Crippen LogP contribution in [0.1, 0.15) is 34.6 Å². The normalized spacial score (nSPS) is 34.2. The van der Waals surface area contributed by atoms with Crippen molar-refractivity contribution in [2.45, 2.75) is 63.9 Å². The van der Waals surface area contributed by atoms with Gasteiger partial charge in [0.15, 0.2) is 11.9 Å². The molecule has 9 heteroatoms. The second-order valence-corrected chi connectivity index (χ2v) is 7.80. The van der Waals surface area contributed by atoms with E-state index in [1.54, 1.807) is 34.6 Å². The Labute approximate surface area is 145 Å². The van der Waals surface area contributed by atoms with Gasteiger partial charge in [0.1, 0.15) is 24.8 Å². The third-order valence-electron chi connectivity index (χ3n) is 4.07. The number of ketones is 1. The second kappa shape index (κ2) is 5.65. The SMILES string of the molecule is CC(C)(C)OC(=O)CN1C(=O)OC2C(=O)[C@@]3(COC(C)(C)O3)OC[C@H]21. The van der Waals surface area contributed by atoms with E-state index in [0.717, 1.165) is 4.90 Å². The summed E-state index contributed by atoms with van der Waals surface area (Å²) in [6, 6.07) is -0.703. The van der Waals surface area contributed by atoms with Crippen LogP contribution in [0.25, 0.3) is 0 Å². The number of hydrogen-bond donors (Lipinski definition) is 0. The molecule has 3 saturated heterocycles. The van der Waals surface area contributed by atoms with Crippen molar-refractivity contribution in [3.05, 3.63) is 0 Å². The molecule has 0 radical (unpaired) electrons. The summed E-state index contributed by atoms with van der Waals surface area (Å²) in [5, 5.41) is 0. The van der Waals surface area contributed by atoms with Crippen LogP contribution in [0.15, 0.2) is 0 Å². The quantitative estimate of drug-likeness (QED) is 0.662. The highest BCUT2D eigenvalue weighted by molar-refractivity contribution is 5.95. The molecule has 3 heterocycles. The number of nitrogens with zero attached hydrogens (tertiary/aromatic N) is 1. The number of carbonyl (C=O) groups excluding carboxylic acids is 3. The van der Waals surface area contributed by atoms with Gasteiger partial charge in [-0.3, -0.25) is 14.5 Å². The van der Waals surface area contributed by atoms with E-state index in [2.05, 4.69) is 0 Å². The van der Waals surface area contributed by atoms with E-state index in [9.17, 15) is 14.4 Å². The predicted octanol–water partition coefficient (Wildman–Crippen LogP) is 0.596. The average Bonchev–Trinajstić information content (AvgIpc) is 2.92. The lowest BCUT2D eigenvalue weighted by Crippen LogP contribution is -2.61. The summed E-state index contributed by atoms with van der Waals surface area (Å²) >= 11 is 0. The topological polar surface area (TPSA) is 101 Å². The lowest BCUT2D eigenvalue weighted by atomic mass is 9.97. The van der Waals surface area contributed by atoms with Gasteiger partial charge in [0.25, 0.3) is 5.79 Å². The van der Waals surface area contributed by atoms with Crippen molar-refractivity contribution < 1.29 is 38.1 Å². The molecule has 3 aliphatic rings. The van der Waals surface area contributed by atoms with E-state index in [1.807, 2.05) is 0 Å². The smallest absolute Gasteiger partial charge is 0.411 e. The molecule has 3 fully saturated rings. The van der Waals surface area contributed by atoms with Gasteiger partial charge in [-0.2, -0.15) is 0 Å². The van der Waals surface area contributed by atoms with Crippen molar-refractivity contribution in [1.82, 2.24) is 4.90 Å². The molecule has 0 aromatic rings. The molecule has 0 bridgehead atoms. The Kier molecular flexibility index (Phi) is 4.09. The molecule has 140 valence electrons. The third-order valence-corrected chi connectivity index (χ3v) is 4.07. The number of Topliss-reactive ketones (excluding diaryl/α,β-unsaturated/α-hetero) is 1. The number of rotatable bonds is 2. The molecule has 0 aromatic heterocycles. The standard InChI is InChI=1S/C16H23NO8/c1-14(2,3)24-10(18)6-17-9-7-21-16(8-22-15(4,5)25-16)12(19)11(9)23-13(17)20/h9,11H,6-8H2,1-5H3/t9-,11?,16+/m1/s1. The Balaban J connectivity index is 1.72. The van der Waals surface area contributed by atoms with Gasteiger partial charge >= 0.3 is 12.1 Å². The van der Waals surface area contributed by atoms with Gasteiger partial charge in [-0.1, -0.05) is 0 Å². The van der Waals surface area contributed by atoms with Gasteiger partial charge in [0, 0.05) is 0 Å². The fourth-order valence-corrected chi connectivity index (χ4v) is 3.08. The summed E-state index contributed by atoms with van der Waals surface area (Å²) < 4.78 is 27.1. The zero-order valence-corrected chi connectivity index (χ0v) is 15.0. The zero-order chi connectivity index (χ0) is 18.6. The van der Waals surface area contributed by atoms with E-state index < -0.39 is 47.2 Å². The molecular weight excluding hydrogens is 334 g/mol. The van der Waals surface area contributed by atoms with Crippen molar-refractivity contribution in [2.24, 2.45) is 0 Å². The van der Waals surface area contributed by atoms with Crippen LogP contribution in [-0.4, -0.2) is 71.8 Å². The van der Waals surface area contributed by atoms with Gasteiger partial charge in [0.05, 0.1) is 6.61 Å². The predicted molar refractivity (Wildman–Crippen MR) is 81.4 cm³/mol. The molecule has 1 amide bonds. The number of ether oxygens (including phenoxy) is 5. The summed E-state index contributed by atoms with van der Waals surface area (Å²) in [7, 11) is 0. The van der Waals surface area contributed by atoms with Crippen LogP contribution in [0.4, 0.5) is 4.79 Å². The fraction of sp³-hybridized carbons (Fsp3) is 0.812. The van der Waals surface area contributed by atoms with Gasteiger partial charge in [-0.15, -0.1) is 0 Å². The minimum absolute atomic E-state index is 0.00954. The summed E-state index contributed by atoms with van der Waals surface area (Å²) in [5.41, 5.74) is -0.677. The van der Waals surface area contributed by atoms with E-state index in [1.165, 1.54) is 0 Å². The van der Waals surface area contributed by atoms with Crippen molar-refractivity contribution in [3.63, 3.8) is 0 Å². The summed E-state index contributed by atoms with van der Waals surface area (Å²) in [6.45, 7) is 8.12. The second-order valence-electron chi connectivity index (χ2n) is 7.80. The van der Waals surface area contributed by atoms with Gasteiger partial charge in [-0.05, 0) is 34.6 Å². The lowest BCUT2D eigenvalue weighted by Gasteiger charge is -2.37. The molecule has 0 aliphatic carbocycles. The first-order valence-electron chi connectivity index (χ1n) is 8.14. The number of carbonyl (C=O) groups is 3. The van der Waals surface area contributed by atoms with Crippen molar-refractivity contribution >= 4 is 17.8 Å². The van der Waals surface area contributed by atoms with Crippen LogP contribution < -0.4 is 0 Å². The van der Waals surface area contributed by atoms with E-state index in [4.69, 9.17) is 23.7 Å². The Bertz CT molecular complexity index is 610. The zero-order valence-electron chi connectivity index (χ0n) is 15.0. The molecule has 3 aliphatic heterocycles. The number of hydrogen-bond acceptors (Lipinski definition) is 8. The lowest BCUT2D eigenvalue weighted by molar-refractivity contribution is -0.260. The largest absolute Gasteiger partial charge is 0.459 e. The average molecular weight is 357 g/mol. The maximum atomic E-state index is 12.8. The Morgan fingerprint density at radius 3 is 2.52 bits per heavy atom. The molecule has 25 heavy (non-hydrogen) atoms. The molecule has 0 aromatic carbocycles. The van der Waals surface area contributed by atoms with Gasteiger partial charge < -0.3 is 23.7 Å². The van der Waals surface area contributed by atoms with Crippen LogP contribution in [0, 0.1) is 0 Å². The molecule has 3 atom stereocenters. The minimum Gasteiger partial charge on any atom is -0.459 e. The maximum Gasteiger partial charge on any atom is 0.411 e. The molecule has 3 rings (SSSR count). The highest BCUT2D eigenvalue weighted by Crippen LogP contribution is 2.39. The summed E-state index contributed by atoms with van der Waals surface area (Å²) in [6.07, 6.45) is -1.82. The monoisotopic (exact) mass is 357 g/mol. The number of amides is 1. The molecular formula is C16H23NO8. The van der Waals surface area contributed by atoms with Crippen molar-refractivity contribution in [3.8, 4) is 0 Å². The van der Waals surface area contributed by atoms with E-state index in [-0.39, 0.29) is 19.8 Å².